The molecule has 7 heteroatoms. The number of carbonyl (C=O) groups is 1. The number of nitro benzene ring substituents is 1. The fraction of sp³-hybridized carbons (Fsp3) is 0.222. The van der Waals surface area contributed by atoms with Crippen LogP contribution in [0.1, 0.15) is 10.4 Å². The average molecular weight is 227 g/mol. The first-order valence-electron chi connectivity index (χ1n) is 4.15. The third kappa shape index (κ3) is 1.88. The van der Waals surface area contributed by atoms with Gasteiger partial charge < -0.3 is 14.6 Å². The van der Waals surface area contributed by atoms with E-state index < -0.39 is 22.1 Å². The molecule has 0 spiro atoms. The van der Waals surface area contributed by atoms with Crippen LogP contribution in [0.3, 0.4) is 0 Å². The molecule has 1 N–H and O–H groups in total. The van der Waals surface area contributed by atoms with Crippen LogP contribution in [0.2, 0.25) is 0 Å². The Hall–Kier alpha value is -2.31. The minimum atomic E-state index is -1.44. The van der Waals surface area contributed by atoms with Crippen molar-refractivity contribution in [2.24, 2.45) is 0 Å². The summed E-state index contributed by atoms with van der Waals surface area (Å²) >= 11 is 0. The average Bonchev–Trinajstić information content (AvgIpc) is 2.26. The first kappa shape index (κ1) is 11.8. The van der Waals surface area contributed by atoms with E-state index in [0.717, 1.165) is 6.07 Å². The van der Waals surface area contributed by atoms with Gasteiger partial charge in [-0.2, -0.15) is 0 Å². The standard InChI is InChI=1S/C9H9NO6/c1-15-6-4-3-5(10(13)14)7(9(11)12)8(6)16-2/h3-4H,1-2H3,(H,11,12). The number of hydrogen-bond donors (Lipinski definition) is 1. The second kappa shape index (κ2) is 4.47. The highest BCUT2D eigenvalue weighted by atomic mass is 16.6. The van der Waals surface area contributed by atoms with Gasteiger partial charge in [0.2, 0.25) is 0 Å². The molecule has 16 heavy (non-hydrogen) atoms. The molecule has 0 saturated heterocycles. The zero-order chi connectivity index (χ0) is 12.3. The predicted molar refractivity (Wildman–Crippen MR) is 53.2 cm³/mol. The summed E-state index contributed by atoms with van der Waals surface area (Å²) in [5.74, 6) is -1.47. The molecule has 7 nitrogen and oxygen atoms in total. The van der Waals surface area contributed by atoms with Crippen LogP contribution in [0, 0.1) is 10.1 Å². The smallest absolute Gasteiger partial charge is 0.346 e. The van der Waals surface area contributed by atoms with Crippen LogP contribution in [0.4, 0.5) is 5.69 Å². The number of benzene rings is 1. The largest absolute Gasteiger partial charge is 0.493 e. The molecule has 1 rings (SSSR count). The molecule has 1 aromatic rings. The summed E-state index contributed by atoms with van der Waals surface area (Å²) in [4.78, 5) is 20.8. The van der Waals surface area contributed by atoms with E-state index in [4.69, 9.17) is 14.6 Å². The summed E-state index contributed by atoms with van der Waals surface area (Å²) in [6.07, 6.45) is 0. The van der Waals surface area contributed by atoms with Crippen molar-refractivity contribution in [2.45, 2.75) is 0 Å². The SMILES string of the molecule is COc1ccc([N+](=O)[O-])c(C(=O)O)c1OC. The number of rotatable bonds is 4. The molecular weight excluding hydrogens is 218 g/mol. The highest BCUT2D eigenvalue weighted by Crippen LogP contribution is 2.36. The van der Waals surface area contributed by atoms with E-state index in [1.54, 1.807) is 0 Å². The number of carboxylic acids is 1. The quantitative estimate of drug-likeness (QED) is 0.614. The molecule has 0 atom stereocenters. The molecule has 0 unspecified atom stereocenters. The summed E-state index contributed by atoms with van der Waals surface area (Å²) in [5.41, 5.74) is -1.06. The molecule has 0 aliphatic carbocycles. The zero-order valence-electron chi connectivity index (χ0n) is 8.59. The molecule has 0 fully saturated rings. The van der Waals surface area contributed by atoms with E-state index in [9.17, 15) is 14.9 Å². The Morgan fingerprint density at radius 2 is 2.00 bits per heavy atom. The molecule has 86 valence electrons. The predicted octanol–water partition coefficient (Wildman–Crippen LogP) is 1.31. The maximum absolute atomic E-state index is 10.9. The van der Waals surface area contributed by atoms with Gasteiger partial charge in [0.25, 0.3) is 5.69 Å². The van der Waals surface area contributed by atoms with E-state index >= 15 is 0 Å². The van der Waals surface area contributed by atoms with Gasteiger partial charge in [-0.1, -0.05) is 0 Å². The fourth-order valence-electron chi connectivity index (χ4n) is 1.28. The van der Waals surface area contributed by atoms with Gasteiger partial charge in [-0.25, -0.2) is 4.79 Å². The van der Waals surface area contributed by atoms with E-state index in [0.29, 0.717) is 0 Å². The van der Waals surface area contributed by atoms with Crippen molar-refractivity contribution in [3.63, 3.8) is 0 Å². The Kier molecular flexibility index (Phi) is 3.29. The monoisotopic (exact) mass is 227 g/mol. The summed E-state index contributed by atoms with van der Waals surface area (Å²) in [6, 6.07) is 2.34. The second-order valence-electron chi connectivity index (χ2n) is 2.76. The van der Waals surface area contributed by atoms with Crippen LogP contribution in [0.5, 0.6) is 11.5 Å². The van der Waals surface area contributed by atoms with Gasteiger partial charge in [0.05, 0.1) is 19.1 Å². The van der Waals surface area contributed by atoms with Gasteiger partial charge in [-0.05, 0) is 6.07 Å². The van der Waals surface area contributed by atoms with E-state index in [2.05, 4.69) is 0 Å². The van der Waals surface area contributed by atoms with Gasteiger partial charge in [0.15, 0.2) is 17.1 Å². The summed E-state index contributed by atoms with van der Waals surface area (Å²) < 4.78 is 9.66. The molecule has 0 saturated carbocycles. The van der Waals surface area contributed by atoms with Crippen molar-refractivity contribution < 1.29 is 24.3 Å². The van der Waals surface area contributed by atoms with Crippen LogP contribution < -0.4 is 9.47 Å². The van der Waals surface area contributed by atoms with Gasteiger partial charge in [0, 0.05) is 6.07 Å². The van der Waals surface area contributed by atoms with Crippen LogP contribution in [0.25, 0.3) is 0 Å². The third-order valence-corrected chi connectivity index (χ3v) is 1.93. The van der Waals surface area contributed by atoms with Crippen molar-refractivity contribution in [3.05, 3.63) is 27.8 Å². The molecular formula is C9H9NO6. The minimum absolute atomic E-state index is 0.130. The van der Waals surface area contributed by atoms with Gasteiger partial charge >= 0.3 is 5.97 Å². The number of nitro groups is 1. The summed E-state index contributed by atoms with van der Waals surface area (Å²) in [6.45, 7) is 0. The molecule has 0 aliphatic heterocycles. The van der Waals surface area contributed by atoms with Crippen molar-refractivity contribution in [3.8, 4) is 11.5 Å². The Labute approximate surface area is 90.4 Å². The lowest BCUT2D eigenvalue weighted by Gasteiger charge is -2.09. The molecule has 0 aromatic heterocycles. The van der Waals surface area contributed by atoms with Crippen LogP contribution in [0.15, 0.2) is 12.1 Å². The van der Waals surface area contributed by atoms with E-state index in [1.165, 1.54) is 20.3 Å². The van der Waals surface area contributed by atoms with Gasteiger partial charge in [-0.3, -0.25) is 10.1 Å². The van der Waals surface area contributed by atoms with Crippen molar-refractivity contribution in [1.29, 1.82) is 0 Å². The number of nitrogens with zero attached hydrogens (tertiary/aromatic N) is 1. The first-order chi connectivity index (χ1) is 7.52. The van der Waals surface area contributed by atoms with Crippen molar-refractivity contribution in [2.75, 3.05) is 14.2 Å². The Bertz CT molecular complexity index is 442. The lowest BCUT2D eigenvalue weighted by molar-refractivity contribution is -0.385. The van der Waals surface area contributed by atoms with Crippen molar-refractivity contribution in [1.82, 2.24) is 0 Å². The Balaban J connectivity index is 3.56. The topological polar surface area (TPSA) is 98.9 Å². The molecule has 0 aliphatic rings. The maximum atomic E-state index is 10.9. The van der Waals surface area contributed by atoms with Gasteiger partial charge in [0.1, 0.15) is 0 Å². The zero-order valence-corrected chi connectivity index (χ0v) is 8.59. The summed E-state index contributed by atoms with van der Waals surface area (Å²) in [7, 11) is 2.53. The lowest BCUT2D eigenvalue weighted by Crippen LogP contribution is -2.06. The first-order valence-corrected chi connectivity index (χ1v) is 4.15. The van der Waals surface area contributed by atoms with Crippen LogP contribution >= 0.6 is 0 Å². The number of hydrogen-bond acceptors (Lipinski definition) is 5. The molecule has 0 radical (unpaired) electrons. The van der Waals surface area contributed by atoms with Crippen molar-refractivity contribution >= 4 is 11.7 Å². The Morgan fingerprint density at radius 1 is 1.38 bits per heavy atom. The number of aromatic carboxylic acids is 1. The number of methoxy groups -OCH3 is 2. The molecule has 0 heterocycles. The van der Waals surface area contributed by atoms with E-state index in [1.807, 2.05) is 0 Å². The molecule has 0 bridgehead atoms. The van der Waals surface area contributed by atoms with Gasteiger partial charge in [-0.15, -0.1) is 0 Å². The third-order valence-electron chi connectivity index (χ3n) is 1.93. The van der Waals surface area contributed by atoms with Crippen LogP contribution in [-0.2, 0) is 0 Å². The minimum Gasteiger partial charge on any atom is -0.493 e. The summed E-state index contributed by atoms with van der Waals surface area (Å²) in [5, 5.41) is 19.5. The second-order valence-corrected chi connectivity index (χ2v) is 2.76. The molecule has 0 amide bonds. The lowest BCUT2D eigenvalue weighted by atomic mass is 10.1. The fourth-order valence-corrected chi connectivity index (χ4v) is 1.28. The number of ether oxygens (including phenoxy) is 2. The molecule has 1 aromatic carbocycles. The normalized spacial score (nSPS) is 9.62. The van der Waals surface area contributed by atoms with Crippen LogP contribution in [-0.4, -0.2) is 30.2 Å². The van der Waals surface area contributed by atoms with E-state index in [-0.39, 0.29) is 11.5 Å². The highest BCUT2D eigenvalue weighted by Gasteiger charge is 2.27. The highest BCUT2D eigenvalue weighted by molar-refractivity contribution is 5.96. The maximum Gasteiger partial charge on any atom is 0.346 e. The number of carboxylic acid groups (broad SMARTS) is 1. The Morgan fingerprint density at radius 3 is 2.38 bits per heavy atom.